The number of carbonyl (C=O) groups excluding carboxylic acids is 1. The third-order valence-electron chi connectivity index (χ3n) is 5.66. The Labute approximate surface area is 185 Å². The Morgan fingerprint density at radius 3 is 2.48 bits per heavy atom. The highest BCUT2D eigenvalue weighted by Crippen LogP contribution is 2.29. The number of carbonyl (C=O) groups is 1. The van der Waals surface area contributed by atoms with Gasteiger partial charge in [0.1, 0.15) is 5.82 Å². The largest absolute Gasteiger partial charge is 0.339 e. The minimum absolute atomic E-state index is 0.124. The van der Waals surface area contributed by atoms with E-state index < -0.39 is 0 Å². The molecule has 0 unspecified atom stereocenters. The summed E-state index contributed by atoms with van der Waals surface area (Å²) in [4.78, 5) is 19.1. The minimum Gasteiger partial charge on any atom is -0.339 e. The Morgan fingerprint density at radius 2 is 1.81 bits per heavy atom. The molecule has 2 heterocycles. The fraction of sp³-hybridized carbons (Fsp3) is 0.391. The molecule has 1 aromatic carbocycles. The van der Waals surface area contributed by atoms with E-state index in [9.17, 15) is 9.18 Å². The summed E-state index contributed by atoms with van der Waals surface area (Å²) in [5.74, 6) is 0.736. The van der Waals surface area contributed by atoms with Crippen LogP contribution in [0.3, 0.4) is 0 Å². The first-order valence-electron chi connectivity index (χ1n) is 10.7. The van der Waals surface area contributed by atoms with Crippen molar-refractivity contribution in [3.05, 3.63) is 54.6 Å². The van der Waals surface area contributed by atoms with Crippen LogP contribution in [0.1, 0.15) is 39.0 Å². The summed E-state index contributed by atoms with van der Waals surface area (Å²) in [6.07, 6.45) is 9.20. The maximum atomic E-state index is 13.5. The second-order valence-electron chi connectivity index (χ2n) is 7.61. The van der Waals surface area contributed by atoms with Crippen LogP contribution >= 0.6 is 11.8 Å². The van der Waals surface area contributed by atoms with E-state index in [1.54, 1.807) is 24.5 Å². The highest BCUT2D eigenvalue weighted by atomic mass is 32.2. The lowest BCUT2D eigenvalue weighted by Gasteiger charge is -2.33. The van der Waals surface area contributed by atoms with Crippen LogP contribution in [-0.4, -0.2) is 48.9 Å². The third kappa shape index (κ3) is 4.95. The van der Waals surface area contributed by atoms with E-state index in [1.807, 2.05) is 28.5 Å². The number of thioether (sulfide) groups is 1. The van der Waals surface area contributed by atoms with Gasteiger partial charge in [0.25, 0.3) is 0 Å². The van der Waals surface area contributed by atoms with Crippen LogP contribution in [0.2, 0.25) is 0 Å². The lowest BCUT2D eigenvalue weighted by molar-refractivity contribution is -0.131. The number of benzene rings is 1. The second kappa shape index (κ2) is 10.0. The minimum atomic E-state index is -0.308. The summed E-state index contributed by atoms with van der Waals surface area (Å²) in [7, 11) is 0. The molecule has 1 aliphatic rings. The molecule has 1 fully saturated rings. The SMILES string of the molecule is CCN(C(=O)CSc1nnc(-c2ccncc2)n1-c1ccc(F)cc1)C1CCCCC1. The molecule has 0 aliphatic heterocycles. The first kappa shape index (κ1) is 21.5. The van der Waals surface area contributed by atoms with Crippen molar-refractivity contribution >= 4 is 17.7 Å². The first-order valence-corrected chi connectivity index (χ1v) is 11.7. The van der Waals surface area contributed by atoms with Gasteiger partial charge >= 0.3 is 0 Å². The van der Waals surface area contributed by atoms with Crippen LogP contribution in [0.5, 0.6) is 0 Å². The summed E-state index contributed by atoms with van der Waals surface area (Å²) in [6, 6.07) is 10.2. The van der Waals surface area contributed by atoms with Gasteiger partial charge in [-0.3, -0.25) is 14.3 Å². The maximum Gasteiger partial charge on any atom is 0.233 e. The van der Waals surface area contributed by atoms with Crippen molar-refractivity contribution < 1.29 is 9.18 Å². The standard InChI is InChI=1S/C23H26FN5OS/c1-2-28(19-6-4-3-5-7-19)21(30)16-31-23-27-26-22(17-12-14-25-15-13-17)29(23)20-10-8-18(24)9-11-20/h8-15,19H,2-7,16H2,1H3. The normalized spacial score (nSPS) is 14.5. The molecule has 0 spiro atoms. The molecule has 8 heteroatoms. The zero-order valence-corrected chi connectivity index (χ0v) is 18.4. The van der Waals surface area contributed by atoms with Crippen molar-refractivity contribution in [2.75, 3.05) is 12.3 Å². The molecule has 4 rings (SSSR count). The molecule has 31 heavy (non-hydrogen) atoms. The van der Waals surface area contributed by atoms with Crippen LogP contribution in [0.25, 0.3) is 17.1 Å². The van der Waals surface area contributed by atoms with Crippen molar-refractivity contribution in [3.63, 3.8) is 0 Å². The van der Waals surface area contributed by atoms with Gasteiger partial charge in [0, 0.05) is 36.2 Å². The lowest BCUT2D eigenvalue weighted by Crippen LogP contribution is -2.42. The molecule has 2 aromatic heterocycles. The van der Waals surface area contributed by atoms with Gasteiger partial charge in [-0.2, -0.15) is 0 Å². The summed E-state index contributed by atoms with van der Waals surface area (Å²) in [5, 5.41) is 9.32. The molecule has 1 amide bonds. The first-order chi connectivity index (χ1) is 15.2. The zero-order valence-electron chi connectivity index (χ0n) is 17.6. The predicted octanol–water partition coefficient (Wildman–Crippen LogP) is 4.74. The Morgan fingerprint density at radius 1 is 1.10 bits per heavy atom. The van der Waals surface area contributed by atoms with Crippen molar-refractivity contribution in [1.29, 1.82) is 0 Å². The van der Waals surface area contributed by atoms with E-state index in [1.165, 1.54) is 43.2 Å². The quantitative estimate of drug-likeness (QED) is 0.498. The van der Waals surface area contributed by atoms with Gasteiger partial charge in [-0.05, 0) is 56.2 Å². The molecule has 1 saturated carbocycles. The molecule has 0 radical (unpaired) electrons. The number of nitrogens with zero attached hydrogens (tertiary/aromatic N) is 5. The Balaban J connectivity index is 1.58. The van der Waals surface area contributed by atoms with Crippen LogP contribution < -0.4 is 0 Å². The monoisotopic (exact) mass is 439 g/mol. The number of amides is 1. The van der Waals surface area contributed by atoms with Crippen molar-refractivity contribution in [1.82, 2.24) is 24.6 Å². The third-order valence-corrected chi connectivity index (χ3v) is 6.57. The smallest absolute Gasteiger partial charge is 0.233 e. The van der Waals surface area contributed by atoms with Crippen LogP contribution in [0, 0.1) is 5.82 Å². The van der Waals surface area contributed by atoms with Crippen molar-refractivity contribution in [2.45, 2.75) is 50.2 Å². The number of hydrogen-bond acceptors (Lipinski definition) is 5. The van der Waals surface area contributed by atoms with Gasteiger partial charge in [-0.1, -0.05) is 31.0 Å². The molecule has 1 aliphatic carbocycles. The maximum absolute atomic E-state index is 13.5. The highest BCUT2D eigenvalue weighted by molar-refractivity contribution is 7.99. The van der Waals surface area contributed by atoms with E-state index in [0.717, 1.165) is 30.6 Å². The summed E-state index contributed by atoms with van der Waals surface area (Å²) in [5.41, 5.74) is 1.59. The van der Waals surface area contributed by atoms with Gasteiger partial charge in [0.15, 0.2) is 11.0 Å². The van der Waals surface area contributed by atoms with Gasteiger partial charge < -0.3 is 4.90 Å². The number of halogens is 1. The van der Waals surface area contributed by atoms with E-state index in [0.29, 0.717) is 22.8 Å². The fourth-order valence-electron chi connectivity index (χ4n) is 4.11. The van der Waals surface area contributed by atoms with E-state index in [2.05, 4.69) is 15.2 Å². The highest BCUT2D eigenvalue weighted by Gasteiger charge is 2.25. The molecular formula is C23H26FN5OS. The average Bonchev–Trinajstić information content (AvgIpc) is 3.24. The number of hydrogen-bond donors (Lipinski definition) is 0. The number of aromatic nitrogens is 4. The molecule has 3 aromatic rings. The van der Waals surface area contributed by atoms with E-state index in [-0.39, 0.29) is 11.7 Å². The molecule has 6 nitrogen and oxygen atoms in total. The van der Waals surface area contributed by atoms with Crippen LogP contribution in [0.15, 0.2) is 53.9 Å². The predicted molar refractivity (Wildman–Crippen MR) is 120 cm³/mol. The average molecular weight is 440 g/mol. The van der Waals surface area contributed by atoms with Crippen molar-refractivity contribution in [2.24, 2.45) is 0 Å². The Bertz CT molecular complexity index is 1000. The van der Waals surface area contributed by atoms with Gasteiger partial charge in [-0.15, -0.1) is 10.2 Å². The Hall–Kier alpha value is -2.74. The van der Waals surface area contributed by atoms with Gasteiger partial charge in [0.05, 0.1) is 5.75 Å². The molecule has 0 N–H and O–H groups in total. The van der Waals surface area contributed by atoms with Gasteiger partial charge in [-0.25, -0.2) is 4.39 Å². The van der Waals surface area contributed by atoms with E-state index >= 15 is 0 Å². The zero-order chi connectivity index (χ0) is 21.6. The molecule has 162 valence electrons. The van der Waals surface area contributed by atoms with E-state index in [4.69, 9.17) is 0 Å². The molecular weight excluding hydrogens is 413 g/mol. The number of rotatable bonds is 7. The molecule has 0 saturated heterocycles. The van der Waals surface area contributed by atoms with Crippen LogP contribution in [-0.2, 0) is 4.79 Å². The summed E-state index contributed by atoms with van der Waals surface area (Å²) < 4.78 is 15.4. The van der Waals surface area contributed by atoms with Gasteiger partial charge in [0.2, 0.25) is 5.91 Å². The lowest BCUT2D eigenvalue weighted by atomic mass is 9.94. The topological polar surface area (TPSA) is 63.9 Å². The van der Waals surface area contributed by atoms with Crippen LogP contribution in [0.4, 0.5) is 4.39 Å². The second-order valence-corrected chi connectivity index (χ2v) is 8.56. The number of pyridine rings is 1. The summed E-state index contributed by atoms with van der Waals surface area (Å²) >= 11 is 1.37. The molecule has 0 bridgehead atoms. The Kier molecular flexibility index (Phi) is 6.96. The fourth-order valence-corrected chi connectivity index (χ4v) is 4.95. The molecule has 0 atom stereocenters. The summed E-state index contributed by atoms with van der Waals surface area (Å²) in [6.45, 7) is 2.76. The van der Waals surface area contributed by atoms with Crippen molar-refractivity contribution in [3.8, 4) is 17.1 Å².